The van der Waals surface area contributed by atoms with E-state index in [2.05, 4.69) is 46.6 Å². The second-order valence-electron chi connectivity index (χ2n) is 5.86. The molecule has 1 atom stereocenters. The molecule has 84 valence electrons. The Bertz CT molecular complexity index is 196. The molecule has 0 aromatic rings. The SMILES string of the molecule is CN1COC(OC(C)(C)C)C(C)(C)C1. The van der Waals surface area contributed by atoms with E-state index in [1.807, 2.05) is 0 Å². The quantitative estimate of drug-likeness (QED) is 0.648. The predicted molar refractivity (Wildman–Crippen MR) is 57.0 cm³/mol. The number of nitrogens with zero attached hydrogens (tertiary/aromatic N) is 1. The molecular weight excluding hydrogens is 178 g/mol. The first kappa shape index (κ1) is 12.0. The fourth-order valence-corrected chi connectivity index (χ4v) is 1.75. The van der Waals surface area contributed by atoms with E-state index in [-0.39, 0.29) is 17.3 Å². The standard InChI is InChI=1S/C11H23NO2/c1-10(2,3)14-9-11(4,5)7-12(6)8-13-9/h9H,7-8H2,1-6H3. The number of hydrogen-bond acceptors (Lipinski definition) is 3. The molecule has 0 amide bonds. The molecule has 1 unspecified atom stereocenters. The summed E-state index contributed by atoms with van der Waals surface area (Å²) in [6.07, 6.45) is -0.0984. The van der Waals surface area contributed by atoms with Gasteiger partial charge in [0.2, 0.25) is 0 Å². The van der Waals surface area contributed by atoms with Gasteiger partial charge in [-0.05, 0) is 27.8 Å². The monoisotopic (exact) mass is 201 g/mol. The van der Waals surface area contributed by atoms with Crippen LogP contribution >= 0.6 is 0 Å². The Morgan fingerprint density at radius 3 is 2.36 bits per heavy atom. The third-order valence-corrected chi connectivity index (χ3v) is 2.22. The van der Waals surface area contributed by atoms with Crippen molar-refractivity contribution >= 4 is 0 Å². The Labute approximate surface area is 87.4 Å². The van der Waals surface area contributed by atoms with Crippen LogP contribution in [0.2, 0.25) is 0 Å². The molecule has 1 rings (SSSR count). The minimum atomic E-state index is -0.141. The van der Waals surface area contributed by atoms with Crippen molar-refractivity contribution in [3.8, 4) is 0 Å². The zero-order valence-corrected chi connectivity index (χ0v) is 10.3. The summed E-state index contributed by atoms with van der Waals surface area (Å²) in [6.45, 7) is 12.2. The molecule has 0 saturated carbocycles. The average Bonchev–Trinajstić information content (AvgIpc) is 1.91. The highest BCUT2D eigenvalue weighted by atomic mass is 16.7. The third-order valence-electron chi connectivity index (χ3n) is 2.22. The van der Waals surface area contributed by atoms with E-state index in [0.717, 1.165) is 6.54 Å². The normalized spacial score (nSPS) is 29.1. The summed E-state index contributed by atoms with van der Waals surface area (Å²) in [7, 11) is 2.06. The summed E-state index contributed by atoms with van der Waals surface area (Å²) >= 11 is 0. The molecule has 1 aliphatic heterocycles. The minimum Gasteiger partial charge on any atom is -0.346 e. The minimum absolute atomic E-state index is 0.0558. The highest BCUT2D eigenvalue weighted by Crippen LogP contribution is 2.31. The lowest BCUT2D eigenvalue weighted by molar-refractivity contribution is -0.281. The fraction of sp³-hybridized carbons (Fsp3) is 1.00. The van der Waals surface area contributed by atoms with Crippen molar-refractivity contribution in [1.29, 1.82) is 0 Å². The van der Waals surface area contributed by atoms with Gasteiger partial charge in [0.1, 0.15) is 6.73 Å². The second kappa shape index (κ2) is 3.80. The lowest BCUT2D eigenvalue weighted by Gasteiger charge is -2.44. The molecule has 3 heteroatoms. The number of ether oxygens (including phenoxy) is 2. The van der Waals surface area contributed by atoms with Gasteiger partial charge in [0.25, 0.3) is 0 Å². The van der Waals surface area contributed by atoms with Crippen molar-refractivity contribution < 1.29 is 9.47 Å². The van der Waals surface area contributed by atoms with Crippen molar-refractivity contribution in [1.82, 2.24) is 4.90 Å². The van der Waals surface area contributed by atoms with Crippen molar-refractivity contribution in [3.63, 3.8) is 0 Å². The van der Waals surface area contributed by atoms with Gasteiger partial charge < -0.3 is 9.47 Å². The Kier molecular flexibility index (Phi) is 3.24. The van der Waals surface area contributed by atoms with Gasteiger partial charge in [-0.2, -0.15) is 0 Å². The van der Waals surface area contributed by atoms with Crippen molar-refractivity contribution in [2.24, 2.45) is 5.41 Å². The molecule has 0 spiro atoms. The fourth-order valence-electron chi connectivity index (χ4n) is 1.75. The van der Waals surface area contributed by atoms with Crippen LogP contribution in [0.5, 0.6) is 0 Å². The van der Waals surface area contributed by atoms with Gasteiger partial charge in [0.05, 0.1) is 5.60 Å². The molecule has 1 heterocycles. The Morgan fingerprint density at radius 2 is 1.93 bits per heavy atom. The average molecular weight is 201 g/mol. The summed E-state index contributed by atoms with van der Waals surface area (Å²) in [6, 6.07) is 0. The molecule has 14 heavy (non-hydrogen) atoms. The molecule has 0 aromatic carbocycles. The van der Waals surface area contributed by atoms with Gasteiger partial charge in [-0.25, -0.2) is 0 Å². The van der Waals surface area contributed by atoms with Crippen LogP contribution in [0.25, 0.3) is 0 Å². The van der Waals surface area contributed by atoms with Gasteiger partial charge in [-0.3, -0.25) is 4.90 Å². The second-order valence-corrected chi connectivity index (χ2v) is 5.86. The first-order valence-electron chi connectivity index (χ1n) is 5.19. The molecule has 1 aliphatic rings. The third kappa shape index (κ3) is 3.23. The van der Waals surface area contributed by atoms with E-state index in [4.69, 9.17) is 9.47 Å². The van der Waals surface area contributed by atoms with Crippen LogP contribution < -0.4 is 0 Å². The highest BCUT2D eigenvalue weighted by Gasteiger charge is 2.38. The molecule has 0 N–H and O–H groups in total. The Morgan fingerprint density at radius 1 is 1.36 bits per heavy atom. The van der Waals surface area contributed by atoms with Crippen LogP contribution in [-0.2, 0) is 9.47 Å². The predicted octanol–water partition coefficient (Wildman–Crippen LogP) is 2.07. The maximum absolute atomic E-state index is 5.89. The summed E-state index contributed by atoms with van der Waals surface area (Å²) in [5.74, 6) is 0. The van der Waals surface area contributed by atoms with Crippen LogP contribution in [0.1, 0.15) is 34.6 Å². The lowest BCUT2D eigenvalue weighted by Crippen LogP contribution is -2.51. The topological polar surface area (TPSA) is 21.7 Å². The summed E-state index contributed by atoms with van der Waals surface area (Å²) in [5.41, 5.74) is -0.0852. The van der Waals surface area contributed by atoms with Gasteiger partial charge in [-0.15, -0.1) is 0 Å². The van der Waals surface area contributed by atoms with Gasteiger partial charge in [0.15, 0.2) is 6.29 Å². The maximum Gasteiger partial charge on any atom is 0.166 e. The number of hydrogen-bond donors (Lipinski definition) is 0. The van der Waals surface area contributed by atoms with E-state index >= 15 is 0 Å². The van der Waals surface area contributed by atoms with E-state index in [1.54, 1.807) is 0 Å². The zero-order chi connectivity index (χ0) is 11.0. The number of rotatable bonds is 1. The van der Waals surface area contributed by atoms with E-state index in [1.165, 1.54) is 0 Å². The van der Waals surface area contributed by atoms with E-state index in [0.29, 0.717) is 6.73 Å². The smallest absolute Gasteiger partial charge is 0.166 e. The van der Waals surface area contributed by atoms with Gasteiger partial charge in [0, 0.05) is 12.0 Å². The zero-order valence-electron chi connectivity index (χ0n) is 10.3. The van der Waals surface area contributed by atoms with E-state index < -0.39 is 0 Å². The van der Waals surface area contributed by atoms with E-state index in [9.17, 15) is 0 Å². The Balaban J connectivity index is 2.61. The molecule has 1 fully saturated rings. The molecule has 3 nitrogen and oxygen atoms in total. The largest absolute Gasteiger partial charge is 0.346 e. The maximum atomic E-state index is 5.89. The van der Waals surface area contributed by atoms with Crippen LogP contribution in [0.4, 0.5) is 0 Å². The van der Waals surface area contributed by atoms with Gasteiger partial charge >= 0.3 is 0 Å². The lowest BCUT2D eigenvalue weighted by atomic mass is 9.90. The van der Waals surface area contributed by atoms with Crippen molar-refractivity contribution in [2.75, 3.05) is 20.3 Å². The molecule has 0 aromatic heterocycles. The first-order chi connectivity index (χ1) is 6.21. The van der Waals surface area contributed by atoms with Crippen molar-refractivity contribution in [3.05, 3.63) is 0 Å². The highest BCUT2D eigenvalue weighted by molar-refractivity contribution is 4.81. The van der Waals surface area contributed by atoms with Crippen LogP contribution in [0, 0.1) is 5.41 Å². The summed E-state index contributed by atoms with van der Waals surface area (Å²) in [5, 5.41) is 0. The van der Waals surface area contributed by atoms with Gasteiger partial charge in [-0.1, -0.05) is 13.8 Å². The molecule has 0 radical (unpaired) electrons. The first-order valence-corrected chi connectivity index (χ1v) is 5.19. The molecule has 0 bridgehead atoms. The molecular formula is C11H23NO2. The summed E-state index contributed by atoms with van der Waals surface area (Å²) < 4.78 is 11.6. The van der Waals surface area contributed by atoms with Crippen LogP contribution in [-0.4, -0.2) is 37.1 Å². The van der Waals surface area contributed by atoms with Crippen LogP contribution in [0.3, 0.4) is 0 Å². The Hall–Kier alpha value is -0.120. The molecule has 1 saturated heterocycles. The van der Waals surface area contributed by atoms with Crippen LogP contribution in [0.15, 0.2) is 0 Å². The molecule has 0 aliphatic carbocycles. The van der Waals surface area contributed by atoms with Crippen molar-refractivity contribution in [2.45, 2.75) is 46.5 Å². The summed E-state index contributed by atoms with van der Waals surface area (Å²) in [4.78, 5) is 2.17.